The lowest BCUT2D eigenvalue weighted by molar-refractivity contribution is -0.385. The molecule has 0 aliphatic carbocycles. The molecule has 1 atom stereocenters. The van der Waals surface area contributed by atoms with Crippen LogP contribution in [0.2, 0.25) is 5.02 Å². The molecule has 7 heteroatoms. The molecule has 0 fully saturated rings. The minimum Gasteiger partial charge on any atom is -0.465 e. The van der Waals surface area contributed by atoms with Gasteiger partial charge in [0.1, 0.15) is 6.04 Å². The van der Waals surface area contributed by atoms with Crippen molar-refractivity contribution in [2.45, 2.75) is 26.4 Å². The lowest BCUT2D eigenvalue weighted by Gasteiger charge is -2.12. The number of carbonyl (C=O) groups is 1. The van der Waals surface area contributed by atoms with Gasteiger partial charge in [-0.25, -0.2) is 0 Å². The molecular weight excluding hydrogens is 272 g/mol. The Morgan fingerprint density at radius 1 is 1.58 bits per heavy atom. The number of carbonyl (C=O) groups excluding carboxylic acids is 1. The fraction of sp³-hybridized carbons (Fsp3) is 0.417. The fourth-order valence-corrected chi connectivity index (χ4v) is 1.64. The van der Waals surface area contributed by atoms with Gasteiger partial charge in [0.15, 0.2) is 0 Å². The van der Waals surface area contributed by atoms with Crippen LogP contribution in [-0.2, 0) is 16.1 Å². The molecule has 19 heavy (non-hydrogen) atoms. The van der Waals surface area contributed by atoms with Gasteiger partial charge in [-0.05, 0) is 26.0 Å². The fourth-order valence-electron chi connectivity index (χ4n) is 1.47. The van der Waals surface area contributed by atoms with Gasteiger partial charge in [-0.3, -0.25) is 14.9 Å². The number of rotatable bonds is 6. The van der Waals surface area contributed by atoms with Gasteiger partial charge in [0.05, 0.1) is 11.5 Å². The number of nitrogens with zero attached hydrogens (tertiary/aromatic N) is 1. The molecule has 0 heterocycles. The standard InChI is InChI=1S/C12H15ClN2O4/c1-3-19-12(16)8(2)14-7-9-4-5-10(13)6-11(9)15(17)18/h4-6,8,14H,3,7H2,1-2H3. The molecule has 104 valence electrons. The summed E-state index contributed by atoms with van der Waals surface area (Å²) in [4.78, 5) is 21.8. The van der Waals surface area contributed by atoms with E-state index in [4.69, 9.17) is 16.3 Å². The van der Waals surface area contributed by atoms with Crippen LogP contribution in [0.3, 0.4) is 0 Å². The molecule has 0 spiro atoms. The zero-order chi connectivity index (χ0) is 14.4. The van der Waals surface area contributed by atoms with Crippen LogP contribution >= 0.6 is 11.6 Å². The molecular formula is C12H15ClN2O4. The third-order valence-corrected chi connectivity index (χ3v) is 2.72. The van der Waals surface area contributed by atoms with Gasteiger partial charge >= 0.3 is 5.97 Å². The normalized spacial score (nSPS) is 11.9. The Balaban J connectivity index is 2.72. The second-order valence-corrected chi connectivity index (χ2v) is 4.32. The second-order valence-electron chi connectivity index (χ2n) is 3.88. The Morgan fingerprint density at radius 2 is 2.26 bits per heavy atom. The third kappa shape index (κ3) is 4.50. The Labute approximate surface area is 115 Å². The lowest BCUT2D eigenvalue weighted by Crippen LogP contribution is -2.35. The predicted octanol–water partition coefficient (Wildman–Crippen LogP) is 2.29. The second kappa shape index (κ2) is 7.06. The van der Waals surface area contributed by atoms with Crippen LogP contribution in [-0.4, -0.2) is 23.5 Å². The maximum Gasteiger partial charge on any atom is 0.322 e. The Hall–Kier alpha value is -1.66. The SMILES string of the molecule is CCOC(=O)C(C)NCc1ccc(Cl)cc1[N+](=O)[O-]. The zero-order valence-electron chi connectivity index (χ0n) is 10.7. The molecule has 0 aromatic heterocycles. The molecule has 0 radical (unpaired) electrons. The van der Waals surface area contributed by atoms with Crippen molar-refractivity contribution >= 4 is 23.3 Å². The number of nitrogens with one attached hydrogen (secondary N) is 1. The minimum absolute atomic E-state index is 0.0731. The molecule has 1 aromatic rings. The molecule has 1 unspecified atom stereocenters. The van der Waals surface area contributed by atoms with Gasteiger partial charge in [-0.15, -0.1) is 0 Å². The summed E-state index contributed by atoms with van der Waals surface area (Å²) >= 11 is 5.72. The van der Waals surface area contributed by atoms with Crippen molar-refractivity contribution in [2.75, 3.05) is 6.61 Å². The summed E-state index contributed by atoms with van der Waals surface area (Å²) in [6.07, 6.45) is 0. The lowest BCUT2D eigenvalue weighted by atomic mass is 10.1. The average Bonchev–Trinajstić information content (AvgIpc) is 2.36. The van der Waals surface area contributed by atoms with E-state index in [1.165, 1.54) is 6.07 Å². The highest BCUT2D eigenvalue weighted by Gasteiger charge is 2.17. The quantitative estimate of drug-likeness (QED) is 0.493. The summed E-state index contributed by atoms with van der Waals surface area (Å²) in [7, 11) is 0. The number of nitro groups is 1. The van der Waals surface area contributed by atoms with E-state index < -0.39 is 11.0 Å². The van der Waals surface area contributed by atoms with Gasteiger partial charge < -0.3 is 10.1 Å². The van der Waals surface area contributed by atoms with E-state index in [0.717, 1.165) is 0 Å². The Morgan fingerprint density at radius 3 is 2.84 bits per heavy atom. The van der Waals surface area contributed by atoms with Crippen molar-refractivity contribution in [1.82, 2.24) is 5.32 Å². The van der Waals surface area contributed by atoms with Crippen molar-refractivity contribution in [3.8, 4) is 0 Å². The molecule has 0 amide bonds. The van der Waals surface area contributed by atoms with E-state index in [-0.39, 0.29) is 18.2 Å². The molecule has 0 bridgehead atoms. The first-order valence-electron chi connectivity index (χ1n) is 5.78. The number of benzene rings is 1. The van der Waals surface area contributed by atoms with Crippen LogP contribution in [0, 0.1) is 10.1 Å². The summed E-state index contributed by atoms with van der Waals surface area (Å²) in [5.74, 6) is -0.390. The largest absolute Gasteiger partial charge is 0.465 e. The predicted molar refractivity (Wildman–Crippen MR) is 71.0 cm³/mol. The molecule has 1 N–H and O–H groups in total. The molecule has 0 aliphatic heterocycles. The smallest absolute Gasteiger partial charge is 0.322 e. The van der Waals surface area contributed by atoms with Crippen LogP contribution in [0.1, 0.15) is 19.4 Å². The number of hydrogen-bond donors (Lipinski definition) is 1. The Bertz CT molecular complexity index is 479. The topological polar surface area (TPSA) is 81.5 Å². The van der Waals surface area contributed by atoms with Crippen molar-refractivity contribution in [3.05, 3.63) is 38.9 Å². The molecule has 1 rings (SSSR count). The van der Waals surface area contributed by atoms with E-state index in [2.05, 4.69) is 5.32 Å². The van der Waals surface area contributed by atoms with Crippen molar-refractivity contribution < 1.29 is 14.5 Å². The van der Waals surface area contributed by atoms with Crippen LogP contribution < -0.4 is 5.32 Å². The molecule has 6 nitrogen and oxygen atoms in total. The summed E-state index contributed by atoms with van der Waals surface area (Å²) < 4.78 is 4.83. The summed E-state index contributed by atoms with van der Waals surface area (Å²) in [5.41, 5.74) is 0.390. The van der Waals surface area contributed by atoms with Crippen LogP contribution in [0.4, 0.5) is 5.69 Å². The van der Waals surface area contributed by atoms with Crippen molar-refractivity contribution in [2.24, 2.45) is 0 Å². The monoisotopic (exact) mass is 286 g/mol. The minimum atomic E-state index is -0.532. The first kappa shape index (κ1) is 15.4. The summed E-state index contributed by atoms with van der Waals surface area (Å²) in [6.45, 7) is 3.84. The number of esters is 1. The number of hydrogen-bond acceptors (Lipinski definition) is 5. The third-order valence-electron chi connectivity index (χ3n) is 2.48. The average molecular weight is 287 g/mol. The van der Waals surface area contributed by atoms with Gasteiger partial charge in [0.2, 0.25) is 0 Å². The Kier molecular flexibility index (Phi) is 5.72. The molecule has 1 aromatic carbocycles. The number of ether oxygens (including phenoxy) is 1. The van der Waals surface area contributed by atoms with E-state index in [0.29, 0.717) is 17.2 Å². The van der Waals surface area contributed by atoms with Gasteiger partial charge in [-0.2, -0.15) is 0 Å². The highest BCUT2D eigenvalue weighted by atomic mass is 35.5. The van der Waals surface area contributed by atoms with Crippen molar-refractivity contribution in [1.29, 1.82) is 0 Å². The highest BCUT2D eigenvalue weighted by molar-refractivity contribution is 6.30. The maximum atomic E-state index is 11.4. The van der Waals surface area contributed by atoms with E-state index in [1.807, 2.05) is 0 Å². The first-order valence-corrected chi connectivity index (χ1v) is 6.16. The van der Waals surface area contributed by atoms with E-state index >= 15 is 0 Å². The van der Waals surface area contributed by atoms with Gasteiger partial charge in [-0.1, -0.05) is 11.6 Å². The van der Waals surface area contributed by atoms with E-state index in [9.17, 15) is 14.9 Å². The van der Waals surface area contributed by atoms with Gasteiger partial charge in [0, 0.05) is 23.2 Å². The van der Waals surface area contributed by atoms with E-state index in [1.54, 1.807) is 26.0 Å². The van der Waals surface area contributed by atoms with Crippen LogP contribution in [0.5, 0.6) is 0 Å². The summed E-state index contributed by atoms with van der Waals surface area (Å²) in [6, 6.07) is 3.88. The maximum absolute atomic E-state index is 11.4. The highest BCUT2D eigenvalue weighted by Crippen LogP contribution is 2.23. The molecule has 0 saturated heterocycles. The van der Waals surface area contributed by atoms with Crippen LogP contribution in [0.15, 0.2) is 18.2 Å². The molecule has 0 saturated carbocycles. The molecule has 0 aliphatic rings. The zero-order valence-corrected chi connectivity index (χ0v) is 11.4. The number of nitro benzene ring substituents is 1. The number of halogens is 1. The summed E-state index contributed by atoms with van der Waals surface area (Å²) in [5, 5.41) is 14.1. The van der Waals surface area contributed by atoms with Crippen LogP contribution in [0.25, 0.3) is 0 Å². The van der Waals surface area contributed by atoms with Crippen molar-refractivity contribution in [3.63, 3.8) is 0 Å². The van der Waals surface area contributed by atoms with Gasteiger partial charge in [0.25, 0.3) is 5.69 Å². The first-order chi connectivity index (χ1) is 8.95.